The summed E-state index contributed by atoms with van der Waals surface area (Å²) in [5.41, 5.74) is 1.20. The molecule has 0 aromatic carbocycles. The Labute approximate surface area is 158 Å². The van der Waals surface area contributed by atoms with E-state index in [1.54, 1.807) is 0 Å². The van der Waals surface area contributed by atoms with E-state index in [2.05, 4.69) is 63.0 Å². The first-order valence-electron chi connectivity index (χ1n) is 9.89. The Morgan fingerprint density at radius 1 is 1.15 bits per heavy atom. The summed E-state index contributed by atoms with van der Waals surface area (Å²) in [7, 11) is 4.05. The molecule has 144 valence electrons. The van der Waals surface area contributed by atoms with E-state index in [0.717, 1.165) is 69.4 Å². The number of likely N-dealkylation sites (N-methyl/N-ethyl adjacent to an activating group) is 1. The van der Waals surface area contributed by atoms with Crippen molar-refractivity contribution in [2.75, 3.05) is 58.3 Å². The molecular formula is C20H34N6. The van der Waals surface area contributed by atoms with E-state index >= 15 is 0 Å². The lowest BCUT2D eigenvalue weighted by Crippen LogP contribution is -2.48. The summed E-state index contributed by atoms with van der Waals surface area (Å²) in [6.45, 7) is 11.9. The van der Waals surface area contributed by atoms with Crippen molar-refractivity contribution in [1.29, 1.82) is 0 Å². The summed E-state index contributed by atoms with van der Waals surface area (Å²) in [6, 6.07) is 4.33. The third-order valence-electron chi connectivity index (χ3n) is 5.47. The van der Waals surface area contributed by atoms with E-state index in [1.165, 1.54) is 12.0 Å². The Hall–Kier alpha value is -1.82. The number of aliphatic imine (C=N–C) groups is 1. The van der Waals surface area contributed by atoms with Crippen LogP contribution in [-0.4, -0.2) is 74.1 Å². The second kappa shape index (κ2) is 8.71. The summed E-state index contributed by atoms with van der Waals surface area (Å²) >= 11 is 0. The maximum absolute atomic E-state index is 4.68. The van der Waals surface area contributed by atoms with Crippen LogP contribution in [0.2, 0.25) is 0 Å². The number of pyridine rings is 1. The van der Waals surface area contributed by atoms with Gasteiger partial charge in [-0.25, -0.2) is 4.98 Å². The van der Waals surface area contributed by atoms with Crippen molar-refractivity contribution >= 4 is 11.8 Å². The zero-order chi connectivity index (χ0) is 18.5. The van der Waals surface area contributed by atoms with Gasteiger partial charge in [0, 0.05) is 59.1 Å². The van der Waals surface area contributed by atoms with Crippen molar-refractivity contribution in [2.45, 2.75) is 26.8 Å². The molecular weight excluding hydrogens is 324 g/mol. The second-order valence-corrected chi connectivity index (χ2v) is 8.07. The van der Waals surface area contributed by atoms with Crippen LogP contribution in [0.3, 0.4) is 0 Å². The highest BCUT2D eigenvalue weighted by Crippen LogP contribution is 2.21. The van der Waals surface area contributed by atoms with E-state index < -0.39 is 0 Å². The highest BCUT2D eigenvalue weighted by atomic mass is 15.3. The number of nitrogens with one attached hydrogen (secondary N) is 1. The van der Waals surface area contributed by atoms with Crippen molar-refractivity contribution in [3.05, 3.63) is 23.9 Å². The lowest BCUT2D eigenvalue weighted by Gasteiger charge is -2.37. The van der Waals surface area contributed by atoms with Gasteiger partial charge in [-0.3, -0.25) is 4.99 Å². The van der Waals surface area contributed by atoms with Crippen LogP contribution in [0.4, 0.5) is 5.82 Å². The third kappa shape index (κ3) is 4.87. The van der Waals surface area contributed by atoms with Crippen molar-refractivity contribution in [3.63, 3.8) is 0 Å². The molecule has 0 saturated carbocycles. The van der Waals surface area contributed by atoms with E-state index in [9.17, 15) is 0 Å². The number of piperidine rings is 1. The lowest BCUT2D eigenvalue weighted by molar-refractivity contribution is 0.208. The Morgan fingerprint density at radius 3 is 2.42 bits per heavy atom. The van der Waals surface area contributed by atoms with Crippen LogP contribution in [0.25, 0.3) is 0 Å². The maximum Gasteiger partial charge on any atom is 0.193 e. The van der Waals surface area contributed by atoms with Crippen LogP contribution in [0.15, 0.2) is 23.3 Å². The van der Waals surface area contributed by atoms with Gasteiger partial charge in [0.05, 0.1) is 0 Å². The normalized spacial score (nSPS) is 25.5. The van der Waals surface area contributed by atoms with Gasteiger partial charge in [-0.1, -0.05) is 19.9 Å². The van der Waals surface area contributed by atoms with Crippen LogP contribution in [0.1, 0.15) is 25.8 Å². The largest absolute Gasteiger partial charge is 0.354 e. The number of piperazine rings is 1. The van der Waals surface area contributed by atoms with Crippen LogP contribution >= 0.6 is 0 Å². The number of aromatic nitrogens is 1. The molecule has 2 atom stereocenters. The monoisotopic (exact) mass is 358 g/mol. The van der Waals surface area contributed by atoms with Gasteiger partial charge >= 0.3 is 0 Å². The molecule has 1 aromatic heterocycles. The number of anilines is 1. The Morgan fingerprint density at radius 2 is 1.85 bits per heavy atom. The van der Waals surface area contributed by atoms with Gasteiger partial charge in [-0.2, -0.15) is 0 Å². The average Bonchev–Trinajstić information content (AvgIpc) is 2.63. The van der Waals surface area contributed by atoms with Gasteiger partial charge < -0.3 is 20.0 Å². The second-order valence-electron chi connectivity index (χ2n) is 8.07. The summed E-state index contributed by atoms with van der Waals surface area (Å²) in [4.78, 5) is 16.3. The molecule has 1 N–H and O–H groups in total. The Kier molecular flexibility index (Phi) is 6.35. The first-order chi connectivity index (χ1) is 12.5. The zero-order valence-electron chi connectivity index (χ0n) is 16.8. The summed E-state index contributed by atoms with van der Waals surface area (Å²) in [5.74, 6) is 3.54. The van der Waals surface area contributed by atoms with Gasteiger partial charge in [0.15, 0.2) is 5.96 Å². The number of hydrogen-bond acceptors (Lipinski definition) is 4. The zero-order valence-corrected chi connectivity index (χ0v) is 16.8. The van der Waals surface area contributed by atoms with E-state index in [0.29, 0.717) is 0 Å². The smallest absolute Gasteiger partial charge is 0.193 e. The highest BCUT2D eigenvalue weighted by Gasteiger charge is 2.24. The van der Waals surface area contributed by atoms with E-state index in [1.807, 2.05) is 13.2 Å². The molecule has 0 radical (unpaired) electrons. The molecule has 0 amide bonds. The minimum atomic E-state index is 0.724. The predicted molar refractivity (Wildman–Crippen MR) is 109 cm³/mol. The number of rotatable bonds is 3. The van der Waals surface area contributed by atoms with Gasteiger partial charge in [0.1, 0.15) is 5.82 Å². The van der Waals surface area contributed by atoms with Gasteiger partial charge in [0.25, 0.3) is 0 Å². The fourth-order valence-corrected chi connectivity index (χ4v) is 4.09. The molecule has 0 bridgehead atoms. The molecule has 3 heterocycles. The molecule has 2 fully saturated rings. The van der Waals surface area contributed by atoms with E-state index in [-0.39, 0.29) is 0 Å². The van der Waals surface area contributed by atoms with Crippen LogP contribution in [0.5, 0.6) is 0 Å². The van der Waals surface area contributed by atoms with Gasteiger partial charge in [0.2, 0.25) is 0 Å². The number of guanidine groups is 1. The molecule has 2 saturated heterocycles. The fraction of sp³-hybridized carbons (Fsp3) is 0.700. The predicted octanol–water partition coefficient (Wildman–Crippen LogP) is 1.89. The minimum Gasteiger partial charge on any atom is -0.354 e. The number of likely N-dealkylation sites (tertiary alicyclic amines) is 1. The Balaban J connectivity index is 1.53. The quantitative estimate of drug-likeness (QED) is 0.660. The molecule has 1 aromatic rings. The first-order valence-corrected chi connectivity index (χ1v) is 9.89. The highest BCUT2D eigenvalue weighted by molar-refractivity contribution is 5.80. The standard InChI is InChI=1S/C20H34N6/c1-16-11-17(2)15-26(14-16)20(21-3)23-13-18-5-6-19(22-12-18)25-9-7-24(4)8-10-25/h5-6,12,16-17H,7-11,13-15H2,1-4H3,(H,21,23). The third-order valence-corrected chi connectivity index (χ3v) is 5.47. The molecule has 26 heavy (non-hydrogen) atoms. The minimum absolute atomic E-state index is 0.724. The van der Waals surface area contributed by atoms with Gasteiger partial charge in [-0.05, 0) is 36.9 Å². The lowest BCUT2D eigenvalue weighted by atomic mass is 9.92. The van der Waals surface area contributed by atoms with Crippen molar-refractivity contribution in [3.8, 4) is 0 Å². The van der Waals surface area contributed by atoms with Crippen molar-refractivity contribution < 1.29 is 0 Å². The summed E-state index contributed by atoms with van der Waals surface area (Å²) < 4.78 is 0. The maximum atomic E-state index is 4.68. The van der Waals surface area contributed by atoms with Gasteiger partial charge in [-0.15, -0.1) is 0 Å². The molecule has 2 aliphatic heterocycles. The molecule has 6 heteroatoms. The van der Waals surface area contributed by atoms with Crippen LogP contribution < -0.4 is 10.2 Å². The SMILES string of the molecule is CN=C(NCc1ccc(N2CCN(C)CC2)nc1)N1CC(C)CC(C)C1. The molecule has 0 aliphatic carbocycles. The number of nitrogens with zero attached hydrogens (tertiary/aromatic N) is 5. The van der Waals surface area contributed by atoms with Crippen molar-refractivity contribution in [1.82, 2.24) is 20.1 Å². The molecule has 2 unspecified atom stereocenters. The average molecular weight is 359 g/mol. The van der Waals surface area contributed by atoms with Crippen molar-refractivity contribution in [2.24, 2.45) is 16.8 Å². The number of hydrogen-bond donors (Lipinski definition) is 1. The first kappa shape index (κ1) is 19.0. The summed E-state index contributed by atoms with van der Waals surface area (Å²) in [6.07, 6.45) is 3.31. The molecule has 2 aliphatic rings. The van der Waals surface area contributed by atoms with Crippen LogP contribution in [0, 0.1) is 11.8 Å². The molecule has 6 nitrogen and oxygen atoms in total. The molecule has 0 spiro atoms. The fourth-order valence-electron chi connectivity index (χ4n) is 4.09. The molecule has 3 rings (SSSR count). The summed E-state index contributed by atoms with van der Waals surface area (Å²) in [5, 5.41) is 3.52. The topological polar surface area (TPSA) is 47.0 Å². The Bertz CT molecular complexity index is 581. The van der Waals surface area contributed by atoms with E-state index in [4.69, 9.17) is 0 Å². The van der Waals surface area contributed by atoms with Crippen LogP contribution in [-0.2, 0) is 6.54 Å².